The van der Waals surface area contributed by atoms with Crippen molar-refractivity contribution in [1.82, 2.24) is 0 Å². The third-order valence-electron chi connectivity index (χ3n) is 4.60. The number of fused-ring (bicyclic) bond motifs is 1. The van der Waals surface area contributed by atoms with Crippen LogP contribution in [0.25, 0.3) is 0 Å². The normalized spacial score (nSPS) is 52.5. The van der Waals surface area contributed by atoms with Crippen LogP contribution in [0.15, 0.2) is 0 Å². The summed E-state index contributed by atoms with van der Waals surface area (Å²) in [7, 11) is 0. The summed E-state index contributed by atoms with van der Waals surface area (Å²) in [5.41, 5.74) is 0.0868. The molecule has 1 N–H and O–H groups in total. The number of hydrogen-bond acceptors (Lipinski definition) is 2. The summed E-state index contributed by atoms with van der Waals surface area (Å²) < 4.78 is 6.06. The van der Waals surface area contributed by atoms with E-state index < -0.39 is 5.79 Å². The maximum atomic E-state index is 10.2. The molecule has 80 valence electrons. The topological polar surface area (TPSA) is 29.5 Å². The van der Waals surface area contributed by atoms with Crippen LogP contribution in [0.2, 0.25) is 0 Å². The zero-order valence-corrected chi connectivity index (χ0v) is 8.80. The number of hydrogen-bond donors (Lipinski definition) is 1. The molecule has 2 bridgehead atoms. The number of ether oxygens (including phenoxy) is 1. The van der Waals surface area contributed by atoms with Gasteiger partial charge in [0.25, 0.3) is 0 Å². The largest absolute Gasteiger partial charge is 0.365 e. The first-order chi connectivity index (χ1) is 6.73. The van der Waals surface area contributed by atoms with Crippen molar-refractivity contribution >= 4 is 0 Å². The smallest absolute Gasteiger partial charge is 0.166 e. The molecule has 0 unspecified atom stereocenters. The Morgan fingerprint density at radius 3 is 2.71 bits per heavy atom. The molecule has 3 aliphatic rings. The van der Waals surface area contributed by atoms with Crippen LogP contribution in [0.5, 0.6) is 0 Å². The van der Waals surface area contributed by atoms with Crippen LogP contribution in [-0.4, -0.2) is 16.5 Å². The summed E-state index contributed by atoms with van der Waals surface area (Å²) in [5, 5.41) is 10.2. The predicted molar refractivity (Wildman–Crippen MR) is 53.8 cm³/mol. The quantitative estimate of drug-likeness (QED) is 0.645. The van der Waals surface area contributed by atoms with Gasteiger partial charge in [0.15, 0.2) is 5.79 Å². The molecule has 0 amide bonds. The minimum Gasteiger partial charge on any atom is -0.365 e. The van der Waals surface area contributed by atoms with E-state index in [-0.39, 0.29) is 5.60 Å². The van der Waals surface area contributed by atoms with Crippen LogP contribution in [-0.2, 0) is 4.74 Å². The monoisotopic (exact) mass is 196 g/mol. The van der Waals surface area contributed by atoms with Gasteiger partial charge in [-0.2, -0.15) is 0 Å². The Bertz CT molecular complexity index is 240. The van der Waals surface area contributed by atoms with Crippen molar-refractivity contribution in [3.63, 3.8) is 0 Å². The van der Waals surface area contributed by atoms with E-state index >= 15 is 0 Å². The summed E-state index contributed by atoms with van der Waals surface area (Å²) in [6.45, 7) is 0. The van der Waals surface area contributed by atoms with Crippen LogP contribution < -0.4 is 0 Å². The molecule has 2 saturated heterocycles. The molecule has 3 rings (SSSR count). The highest BCUT2D eigenvalue weighted by molar-refractivity contribution is 5.00. The Balaban J connectivity index is 1.91. The van der Waals surface area contributed by atoms with E-state index in [2.05, 4.69) is 0 Å². The highest BCUT2D eigenvalue weighted by Crippen LogP contribution is 2.53. The first kappa shape index (κ1) is 9.17. The molecule has 1 aliphatic carbocycles. The standard InChI is InChI=1S/C12H20O2/c13-12-7-3-5-10-4-1-2-6-11(10,14-12)8-9-12/h10,13H,1-9H2/t10-,11+,12+/m0/s1. The lowest BCUT2D eigenvalue weighted by Gasteiger charge is -2.40. The zero-order chi connectivity index (χ0) is 9.65. The maximum Gasteiger partial charge on any atom is 0.166 e. The predicted octanol–water partition coefficient (Wildman–Crippen LogP) is 2.60. The molecule has 1 spiro atoms. The second-order valence-electron chi connectivity index (χ2n) is 5.45. The SMILES string of the molecule is O[C@@]12CCC[C@@H]3CCCC[C@]3(CC1)O2. The van der Waals surface area contributed by atoms with E-state index in [1.807, 2.05) is 0 Å². The molecule has 2 aliphatic heterocycles. The van der Waals surface area contributed by atoms with Crippen molar-refractivity contribution in [1.29, 1.82) is 0 Å². The highest BCUT2D eigenvalue weighted by Gasteiger charge is 2.54. The van der Waals surface area contributed by atoms with Crippen LogP contribution >= 0.6 is 0 Å². The van der Waals surface area contributed by atoms with E-state index in [9.17, 15) is 5.11 Å². The lowest BCUT2D eigenvalue weighted by Crippen LogP contribution is -2.41. The molecule has 0 aromatic rings. The van der Waals surface area contributed by atoms with Gasteiger partial charge in [-0.15, -0.1) is 0 Å². The van der Waals surface area contributed by atoms with Gasteiger partial charge >= 0.3 is 0 Å². The van der Waals surface area contributed by atoms with Crippen molar-refractivity contribution in [2.45, 2.75) is 69.2 Å². The van der Waals surface area contributed by atoms with Crippen LogP contribution in [0.3, 0.4) is 0 Å². The van der Waals surface area contributed by atoms with Gasteiger partial charge in [-0.25, -0.2) is 0 Å². The van der Waals surface area contributed by atoms with Gasteiger partial charge in [-0.3, -0.25) is 0 Å². The first-order valence-corrected chi connectivity index (χ1v) is 6.15. The second-order valence-corrected chi connectivity index (χ2v) is 5.45. The van der Waals surface area contributed by atoms with E-state index in [0.717, 1.165) is 31.6 Å². The minimum atomic E-state index is -0.744. The molecule has 1 saturated carbocycles. The minimum absolute atomic E-state index is 0.0868. The lowest BCUT2D eigenvalue weighted by molar-refractivity contribution is -0.235. The van der Waals surface area contributed by atoms with E-state index in [1.54, 1.807) is 0 Å². The Kier molecular flexibility index (Phi) is 1.94. The van der Waals surface area contributed by atoms with E-state index in [0.29, 0.717) is 0 Å². The Labute approximate surface area is 85.6 Å². The van der Waals surface area contributed by atoms with Gasteiger partial charge in [-0.1, -0.05) is 12.8 Å². The molecule has 0 radical (unpaired) electrons. The van der Waals surface area contributed by atoms with Crippen LogP contribution in [0, 0.1) is 5.92 Å². The third kappa shape index (κ3) is 1.24. The maximum absolute atomic E-state index is 10.2. The van der Waals surface area contributed by atoms with Crippen molar-refractivity contribution < 1.29 is 9.84 Å². The van der Waals surface area contributed by atoms with E-state index in [4.69, 9.17) is 4.74 Å². The zero-order valence-electron chi connectivity index (χ0n) is 8.80. The van der Waals surface area contributed by atoms with E-state index in [1.165, 1.54) is 32.1 Å². The summed E-state index contributed by atoms with van der Waals surface area (Å²) in [4.78, 5) is 0. The highest BCUT2D eigenvalue weighted by atomic mass is 16.6. The van der Waals surface area contributed by atoms with Gasteiger partial charge in [0.05, 0.1) is 5.60 Å². The van der Waals surface area contributed by atoms with Crippen LogP contribution in [0.1, 0.15) is 57.8 Å². The van der Waals surface area contributed by atoms with Gasteiger partial charge in [0.2, 0.25) is 0 Å². The van der Waals surface area contributed by atoms with Crippen molar-refractivity contribution in [3.05, 3.63) is 0 Å². The van der Waals surface area contributed by atoms with Gasteiger partial charge in [-0.05, 0) is 38.0 Å². The fourth-order valence-electron chi connectivity index (χ4n) is 3.84. The average molecular weight is 196 g/mol. The lowest BCUT2D eigenvalue weighted by atomic mass is 9.71. The fourth-order valence-corrected chi connectivity index (χ4v) is 3.84. The molecule has 14 heavy (non-hydrogen) atoms. The Morgan fingerprint density at radius 1 is 0.929 bits per heavy atom. The molecular formula is C12H20O2. The van der Waals surface area contributed by atoms with Crippen LogP contribution in [0.4, 0.5) is 0 Å². The van der Waals surface area contributed by atoms with Gasteiger partial charge in [0.1, 0.15) is 0 Å². The second kappa shape index (κ2) is 2.96. The number of aliphatic hydroxyl groups is 1. The molecule has 0 aromatic heterocycles. The molecule has 0 aromatic carbocycles. The third-order valence-corrected chi connectivity index (χ3v) is 4.60. The molecule has 2 heteroatoms. The fraction of sp³-hybridized carbons (Fsp3) is 1.00. The summed E-state index contributed by atoms with van der Waals surface area (Å²) >= 11 is 0. The summed E-state index contributed by atoms with van der Waals surface area (Å²) in [6, 6.07) is 0. The van der Waals surface area contributed by atoms with Gasteiger partial charge < -0.3 is 9.84 Å². The first-order valence-electron chi connectivity index (χ1n) is 6.15. The van der Waals surface area contributed by atoms with Crippen molar-refractivity contribution in [3.8, 4) is 0 Å². The Hall–Kier alpha value is -0.0800. The van der Waals surface area contributed by atoms with Crippen molar-refractivity contribution in [2.75, 3.05) is 0 Å². The molecular weight excluding hydrogens is 176 g/mol. The Morgan fingerprint density at radius 2 is 1.79 bits per heavy atom. The number of rotatable bonds is 0. The molecule has 2 nitrogen and oxygen atoms in total. The summed E-state index contributed by atoms with van der Waals surface area (Å²) in [5.74, 6) is -0.000648. The molecule has 3 atom stereocenters. The van der Waals surface area contributed by atoms with Gasteiger partial charge in [0, 0.05) is 12.8 Å². The van der Waals surface area contributed by atoms with Crippen molar-refractivity contribution in [2.24, 2.45) is 5.92 Å². The molecule has 2 heterocycles. The molecule has 3 fully saturated rings. The average Bonchev–Trinajstić information content (AvgIpc) is 2.41. The summed E-state index contributed by atoms with van der Waals surface area (Å²) in [6.07, 6.45) is 10.5.